The number of hydrogen-bond donors (Lipinski definition) is 1. The van der Waals surface area contributed by atoms with Gasteiger partial charge in [-0.15, -0.1) is 0 Å². The number of nitrogens with zero attached hydrogens (tertiary/aromatic N) is 3. The van der Waals surface area contributed by atoms with E-state index >= 15 is 0 Å². The molecular formula is C19H28N4O4. The van der Waals surface area contributed by atoms with Crippen molar-refractivity contribution in [2.24, 2.45) is 0 Å². The van der Waals surface area contributed by atoms with E-state index in [0.717, 1.165) is 52.2 Å². The summed E-state index contributed by atoms with van der Waals surface area (Å²) < 4.78 is 5.70. The van der Waals surface area contributed by atoms with Crippen molar-refractivity contribution in [1.82, 2.24) is 10.2 Å². The van der Waals surface area contributed by atoms with Crippen LogP contribution in [0.4, 0.5) is 11.4 Å². The highest BCUT2D eigenvalue weighted by molar-refractivity contribution is 5.96. The summed E-state index contributed by atoms with van der Waals surface area (Å²) >= 11 is 0. The molecule has 3 rings (SSSR count). The van der Waals surface area contributed by atoms with Crippen LogP contribution in [0.25, 0.3) is 0 Å². The lowest BCUT2D eigenvalue weighted by Gasteiger charge is -2.36. The molecule has 2 saturated heterocycles. The first kappa shape index (κ1) is 19.6. The Hall–Kier alpha value is -2.19. The van der Waals surface area contributed by atoms with E-state index in [-0.39, 0.29) is 17.6 Å². The van der Waals surface area contributed by atoms with Crippen LogP contribution < -0.4 is 10.2 Å². The van der Waals surface area contributed by atoms with Crippen LogP contribution in [0.3, 0.4) is 0 Å². The minimum absolute atomic E-state index is 0.0148. The van der Waals surface area contributed by atoms with Gasteiger partial charge >= 0.3 is 0 Å². The van der Waals surface area contributed by atoms with Crippen LogP contribution in [0.2, 0.25) is 0 Å². The summed E-state index contributed by atoms with van der Waals surface area (Å²) in [6.07, 6.45) is 2.57. The Morgan fingerprint density at radius 1 is 1.33 bits per heavy atom. The summed E-state index contributed by atoms with van der Waals surface area (Å²) in [5.74, 6) is -0.291. The molecule has 0 saturated carbocycles. The Labute approximate surface area is 159 Å². The third-order valence-electron chi connectivity index (χ3n) is 5.05. The summed E-state index contributed by atoms with van der Waals surface area (Å²) in [5, 5.41) is 14.3. The molecular weight excluding hydrogens is 348 g/mol. The summed E-state index contributed by atoms with van der Waals surface area (Å²) in [6, 6.07) is 4.72. The standard InChI is InChI=1S/C19H28N4O4/c1-14(2)20-19(24)15-5-6-17(18(12-15)23(25)26)22-9-7-21(8-10-22)13-16-4-3-11-27-16/h5-6,12,14,16H,3-4,7-11,13H2,1-2H3,(H,20,24). The minimum Gasteiger partial charge on any atom is -0.377 e. The van der Waals surface area contributed by atoms with E-state index < -0.39 is 4.92 Å². The first-order valence-electron chi connectivity index (χ1n) is 9.62. The lowest BCUT2D eigenvalue weighted by atomic mass is 10.1. The van der Waals surface area contributed by atoms with Gasteiger partial charge in [0.1, 0.15) is 5.69 Å². The zero-order valence-corrected chi connectivity index (χ0v) is 16.0. The van der Waals surface area contributed by atoms with Crippen molar-refractivity contribution in [3.63, 3.8) is 0 Å². The molecule has 1 aromatic carbocycles. The molecule has 1 N–H and O–H groups in total. The number of ether oxygens (including phenoxy) is 1. The van der Waals surface area contributed by atoms with Gasteiger partial charge in [-0.25, -0.2) is 0 Å². The maximum absolute atomic E-state index is 12.2. The molecule has 0 aromatic heterocycles. The van der Waals surface area contributed by atoms with Gasteiger partial charge in [-0.05, 0) is 38.8 Å². The highest BCUT2D eigenvalue weighted by Crippen LogP contribution is 2.30. The highest BCUT2D eigenvalue weighted by atomic mass is 16.6. The van der Waals surface area contributed by atoms with Crippen LogP contribution in [0.1, 0.15) is 37.0 Å². The molecule has 27 heavy (non-hydrogen) atoms. The van der Waals surface area contributed by atoms with Crippen molar-refractivity contribution >= 4 is 17.3 Å². The van der Waals surface area contributed by atoms with E-state index in [4.69, 9.17) is 4.74 Å². The quantitative estimate of drug-likeness (QED) is 0.604. The van der Waals surface area contributed by atoms with Gasteiger partial charge in [0.05, 0.1) is 11.0 Å². The first-order chi connectivity index (χ1) is 12.9. The normalized spacial score (nSPS) is 20.9. The van der Waals surface area contributed by atoms with Gasteiger partial charge in [-0.3, -0.25) is 19.8 Å². The van der Waals surface area contributed by atoms with Gasteiger partial charge in [0, 0.05) is 57.0 Å². The molecule has 0 spiro atoms. The highest BCUT2D eigenvalue weighted by Gasteiger charge is 2.27. The van der Waals surface area contributed by atoms with Crippen LogP contribution in [-0.2, 0) is 4.74 Å². The SMILES string of the molecule is CC(C)NC(=O)c1ccc(N2CCN(CC3CCCO3)CC2)c([N+](=O)[O-])c1. The van der Waals surface area contributed by atoms with Crippen molar-refractivity contribution in [2.75, 3.05) is 44.2 Å². The van der Waals surface area contributed by atoms with Gasteiger partial charge in [0.2, 0.25) is 0 Å². The summed E-state index contributed by atoms with van der Waals surface area (Å²) in [5.41, 5.74) is 0.882. The number of amides is 1. The number of nitrogens with one attached hydrogen (secondary N) is 1. The minimum atomic E-state index is -0.403. The topological polar surface area (TPSA) is 88.0 Å². The summed E-state index contributed by atoms with van der Waals surface area (Å²) in [4.78, 5) is 27.7. The number of carbonyl (C=O) groups excluding carboxylic acids is 1. The third kappa shape index (κ3) is 4.95. The van der Waals surface area contributed by atoms with E-state index in [1.807, 2.05) is 18.7 Å². The molecule has 1 amide bonds. The number of nitro benzene ring substituents is 1. The van der Waals surface area contributed by atoms with Crippen molar-refractivity contribution in [3.05, 3.63) is 33.9 Å². The molecule has 2 aliphatic rings. The first-order valence-corrected chi connectivity index (χ1v) is 9.62. The number of benzene rings is 1. The van der Waals surface area contributed by atoms with E-state index in [2.05, 4.69) is 10.2 Å². The lowest BCUT2D eigenvalue weighted by Crippen LogP contribution is -2.48. The molecule has 8 heteroatoms. The fourth-order valence-electron chi connectivity index (χ4n) is 3.67. The van der Waals surface area contributed by atoms with Gasteiger partial charge < -0.3 is 15.0 Å². The van der Waals surface area contributed by atoms with Crippen molar-refractivity contribution < 1.29 is 14.5 Å². The zero-order chi connectivity index (χ0) is 19.4. The van der Waals surface area contributed by atoms with Gasteiger partial charge in [-0.1, -0.05) is 0 Å². The summed E-state index contributed by atoms with van der Waals surface area (Å²) in [6.45, 7) is 8.67. The Morgan fingerprint density at radius 2 is 2.07 bits per heavy atom. The van der Waals surface area contributed by atoms with Crippen molar-refractivity contribution in [2.45, 2.75) is 38.8 Å². The van der Waals surface area contributed by atoms with E-state index in [1.165, 1.54) is 6.07 Å². The maximum atomic E-state index is 12.2. The molecule has 1 aromatic rings. The fraction of sp³-hybridized carbons (Fsp3) is 0.632. The van der Waals surface area contributed by atoms with Gasteiger partial charge in [0.15, 0.2) is 0 Å². The molecule has 1 unspecified atom stereocenters. The molecule has 2 aliphatic heterocycles. The second-order valence-electron chi connectivity index (χ2n) is 7.51. The Balaban J connectivity index is 1.67. The fourth-order valence-corrected chi connectivity index (χ4v) is 3.67. The van der Waals surface area contributed by atoms with Crippen LogP contribution >= 0.6 is 0 Å². The van der Waals surface area contributed by atoms with Crippen LogP contribution in [0, 0.1) is 10.1 Å². The molecule has 0 bridgehead atoms. The van der Waals surface area contributed by atoms with Crippen LogP contribution in [-0.4, -0.2) is 67.2 Å². The number of nitro groups is 1. The number of hydrogen-bond acceptors (Lipinski definition) is 6. The average Bonchev–Trinajstić information content (AvgIpc) is 3.14. The van der Waals surface area contributed by atoms with E-state index in [0.29, 0.717) is 17.4 Å². The molecule has 148 valence electrons. The number of piperazine rings is 1. The second-order valence-corrected chi connectivity index (χ2v) is 7.51. The smallest absolute Gasteiger partial charge is 0.293 e. The average molecular weight is 376 g/mol. The molecule has 2 fully saturated rings. The van der Waals surface area contributed by atoms with Crippen molar-refractivity contribution in [1.29, 1.82) is 0 Å². The lowest BCUT2D eigenvalue weighted by molar-refractivity contribution is -0.384. The predicted octanol–water partition coefficient (Wildman–Crippen LogP) is 2.03. The maximum Gasteiger partial charge on any atom is 0.293 e. The van der Waals surface area contributed by atoms with Gasteiger partial charge in [0.25, 0.3) is 11.6 Å². The third-order valence-corrected chi connectivity index (χ3v) is 5.05. The molecule has 8 nitrogen and oxygen atoms in total. The molecule has 0 aliphatic carbocycles. The molecule has 0 radical (unpaired) electrons. The summed E-state index contributed by atoms with van der Waals surface area (Å²) in [7, 11) is 0. The zero-order valence-electron chi connectivity index (χ0n) is 16.0. The second kappa shape index (κ2) is 8.67. The number of carbonyl (C=O) groups is 1. The molecule has 2 heterocycles. The number of rotatable bonds is 6. The van der Waals surface area contributed by atoms with Crippen LogP contribution in [0.5, 0.6) is 0 Å². The van der Waals surface area contributed by atoms with E-state index in [1.54, 1.807) is 12.1 Å². The molecule has 1 atom stereocenters. The van der Waals surface area contributed by atoms with Gasteiger partial charge in [-0.2, -0.15) is 0 Å². The van der Waals surface area contributed by atoms with E-state index in [9.17, 15) is 14.9 Å². The largest absolute Gasteiger partial charge is 0.377 e. The monoisotopic (exact) mass is 376 g/mol. The Bertz CT molecular complexity index is 680. The Morgan fingerprint density at radius 3 is 2.67 bits per heavy atom. The van der Waals surface area contributed by atoms with Crippen LogP contribution in [0.15, 0.2) is 18.2 Å². The predicted molar refractivity (Wildman–Crippen MR) is 103 cm³/mol. The Kier molecular flexibility index (Phi) is 6.28. The number of anilines is 1. The van der Waals surface area contributed by atoms with Crippen molar-refractivity contribution in [3.8, 4) is 0 Å².